The number of halogens is 2. The maximum Gasteiger partial charge on any atom is 0.150 e. The standard InChI is InChI=1S/C16H19Cl2N5O/c17-12-3-1-11(2-4-12)13(23-5-7-24-8-6-23)9-20-16-14(18)15(19)21-10-22-16/h1-4,10,13H,5-9H2,(H3,19,20,21,22). The maximum atomic E-state index is 6.17. The van der Waals surface area contributed by atoms with Gasteiger partial charge in [0, 0.05) is 24.7 Å². The molecule has 0 bridgehead atoms. The van der Waals surface area contributed by atoms with Crippen molar-refractivity contribution in [3.05, 3.63) is 46.2 Å². The Morgan fingerprint density at radius 3 is 2.58 bits per heavy atom. The number of nitrogen functional groups attached to an aromatic ring is 1. The minimum Gasteiger partial charge on any atom is -0.382 e. The predicted molar refractivity (Wildman–Crippen MR) is 96.5 cm³/mol. The lowest BCUT2D eigenvalue weighted by atomic mass is 10.0. The number of hydrogen-bond acceptors (Lipinski definition) is 6. The monoisotopic (exact) mass is 367 g/mol. The molecule has 1 aliphatic heterocycles. The van der Waals surface area contributed by atoms with Crippen LogP contribution in [0.15, 0.2) is 30.6 Å². The first-order chi connectivity index (χ1) is 11.6. The van der Waals surface area contributed by atoms with Gasteiger partial charge >= 0.3 is 0 Å². The highest BCUT2D eigenvalue weighted by Crippen LogP contribution is 2.27. The van der Waals surface area contributed by atoms with Gasteiger partial charge in [-0.1, -0.05) is 35.3 Å². The molecule has 1 aromatic carbocycles. The summed E-state index contributed by atoms with van der Waals surface area (Å²) in [6.45, 7) is 3.83. The average Bonchev–Trinajstić information content (AvgIpc) is 2.61. The van der Waals surface area contributed by atoms with Crippen LogP contribution in [0.1, 0.15) is 11.6 Å². The SMILES string of the molecule is Nc1ncnc(NCC(c2ccc(Cl)cc2)N2CCOCC2)c1Cl. The number of aromatic nitrogens is 2. The lowest BCUT2D eigenvalue weighted by molar-refractivity contribution is 0.0187. The summed E-state index contributed by atoms with van der Waals surface area (Å²) >= 11 is 12.2. The van der Waals surface area contributed by atoms with E-state index in [1.54, 1.807) is 0 Å². The van der Waals surface area contributed by atoms with Crippen molar-refractivity contribution in [2.75, 3.05) is 43.9 Å². The van der Waals surface area contributed by atoms with Gasteiger partial charge in [-0.05, 0) is 17.7 Å². The van der Waals surface area contributed by atoms with E-state index in [0.29, 0.717) is 17.4 Å². The minimum atomic E-state index is 0.151. The number of hydrogen-bond donors (Lipinski definition) is 2. The lowest BCUT2D eigenvalue weighted by Crippen LogP contribution is -2.41. The number of nitrogens with one attached hydrogen (secondary N) is 1. The number of nitrogens with two attached hydrogens (primary N) is 1. The normalized spacial score (nSPS) is 16.8. The van der Waals surface area contributed by atoms with Crippen molar-refractivity contribution in [3.63, 3.8) is 0 Å². The summed E-state index contributed by atoms with van der Waals surface area (Å²) in [6, 6.07) is 8.04. The predicted octanol–water partition coefficient (Wildman–Crippen LogP) is 2.85. The molecule has 1 fully saturated rings. The Labute approximate surface area is 150 Å². The molecule has 1 unspecified atom stereocenters. The number of rotatable bonds is 5. The molecule has 0 radical (unpaired) electrons. The van der Waals surface area contributed by atoms with E-state index in [2.05, 4.69) is 20.2 Å². The lowest BCUT2D eigenvalue weighted by Gasteiger charge is -2.35. The van der Waals surface area contributed by atoms with Crippen molar-refractivity contribution in [2.45, 2.75) is 6.04 Å². The minimum absolute atomic E-state index is 0.151. The highest BCUT2D eigenvalue weighted by atomic mass is 35.5. The molecule has 0 spiro atoms. The van der Waals surface area contributed by atoms with Gasteiger partial charge < -0.3 is 15.8 Å². The van der Waals surface area contributed by atoms with Gasteiger partial charge in [-0.3, -0.25) is 4.90 Å². The molecule has 0 aliphatic carbocycles. The fourth-order valence-corrected chi connectivity index (χ4v) is 3.02. The van der Waals surface area contributed by atoms with E-state index in [4.69, 9.17) is 33.7 Å². The van der Waals surface area contributed by atoms with Crippen molar-refractivity contribution < 1.29 is 4.74 Å². The number of anilines is 2. The topological polar surface area (TPSA) is 76.3 Å². The van der Waals surface area contributed by atoms with Crippen LogP contribution >= 0.6 is 23.2 Å². The molecular formula is C16H19Cl2N5O. The molecular weight excluding hydrogens is 349 g/mol. The van der Waals surface area contributed by atoms with Crippen LogP contribution < -0.4 is 11.1 Å². The molecule has 24 heavy (non-hydrogen) atoms. The molecule has 0 amide bonds. The first kappa shape index (κ1) is 17.2. The molecule has 1 atom stereocenters. The van der Waals surface area contributed by atoms with Crippen LogP contribution in [0.4, 0.5) is 11.6 Å². The second kappa shape index (κ2) is 7.98. The van der Waals surface area contributed by atoms with Gasteiger partial charge in [0.2, 0.25) is 0 Å². The van der Waals surface area contributed by atoms with E-state index in [-0.39, 0.29) is 11.9 Å². The van der Waals surface area contributed by atoms with Crippen LogP contribution in [0.5, 0.6) is 0 Å². The zero-order valence-corrected chi connectivity index (χ0v) is 14.6. The first-order valence-electron chi connectivity index (χ1n) is 7.72. The molecule has 1 aromatic heterocycles. The van der Waals surface area contributed by atoms with Crippen molar-refractivity contribution in [1.29, 1.82) is 0 Å². The summed E-state index contributed by atoms with van der Waals surface area (Å²) in [6.07, 6.45) is 1.40. The van der Waals surface area contributed by atoms with E-state index in [9.17, 15) is 0 Å². The Morgan fingerprint density at radius 2 is 1.88 bits per heavy atom. The van der Waals surface area contributed by atoms with Gasteiger partial charge in [-0.25, -0.2) is 9.97 Å². The van der Waals surface area contributed by atoms with Crippen LogP contribution in [0.2, 0.25) is 10.0 Å². The zero-order chi connectivity index (χ0) is 16.9. The Morgan fingerprint density at radius 1 is 1.17 bits per heavy atom. The van der Waals surface area contributed by atoms with Crippen LogP contribution in [0, 0.1) is 0 Å². The summed E-state index contributed by atoms with van der Waals surface area (Å²) in [5.41, 5.74) is 6.91. The van der Waals surface area contributed by atoms with Crippen molar-refractivity contribution in [3.8, 4) is 0 Å². The Kier molecular flexibility index (Phi) is 5.73. The van der Waals surface area contributed by atoms with Crippen LogP contribution in [-0.4, -0.2) is 47.7 Å². The van der Waals surface area contributed by atoms with E-state index in [0.717, 1.165) is 31.3 Å². The molecule has 2 heterocycles. The highest BCUT2D eigenvalue weighted by Gasteiger charge is 2.23. The Bertz CT molecular complexity index is 677. The van der Waals surface area contributed by atoms with E-state index in [1.165, 1.54) is 11.9 Å². The van der Waals surface area contributed by atoms with Crippen LogP contribution in [-0.2, 0) is 4.74 Å². The van der Waals surface area contributed by atoms with Gasteiger partial charge in [-0.2, -0.15) is 0 Å². The second-order valence-electron chi connectivity index (χ2n) is 5.52. The van der Waals surface area contributed by atoms with Gasteiger partial charge in [-0.15, -0.1) is 0 Å². The zero-order valence-electron chi connectivity index (χ0n) is 13.1. The number of benzene rings is 1. The smallest absolute Gasteiger partial charge is 0.150 e. The van der Waals surface area contributed by atoms with E-state index >= 15 is 0 Å². The third kappa shape index (κ3) is 4.08. The van der Waals surface area contributed by atoms with E-state index in [1.807, 2.05) is 24.3 Å². The first-order valence-corrected chi connectivity index (χ1v) is 8.48. The number of morpholine rings is 1. The van der Waals surface area contributed by atoms with Crippen molar-refractivity contribution >= 4 is 34.8 Å². The average molecular weight is 368 g/mol. The summed E-state index contributed by atoms with van der Waals surface area (Å²) in [5, 5.41) is 4.35. The highest BCUT2D eigenvalue weighted by molar-refractivity contribution is 6.35. The van der Waals surface area contributed by atoms with Crippen molar-refractivity contribution in [2.24, 2.45) is 0 Å². The maximum absolute atomic E-state index is 6.17. The molecule has 3 rings (SSSR count). The molecule has 6 nitrogen and oxygen atoms in total. The molecule has 8 heteroatoms. The van der Waals surface area contributed by atoms with Gasteiger partial charge in [0.25, 0.3) is 0 Å². The third-order valence-electron chi connectivity index (χ3n) is 4.02. The van der Waals surface area contributed by atoms with Crippen LogP contribution in [0.25, 0.3) is 0 Å². The van der Waals surface area contributed by atoms with Gasteiger partial charge in [0.05, 0.1) is 19.3 Å². The molecule has 2 aromatic rings. The van der Waals surface area contributed by atoms with Crippen LogP contribution in [0.3, 0.4) is 0 Å². The Balaban J connectivity index is 1.79. The quantitative estimate of drug-likeness (QED) is 0.845. The second-order valence-corrected chi connectivity index (χ2v) is 6.33. The summed E-state index contributed by atoms with van der Waals surface area (Å²) in [7, 11) is 0. The summed E-state index contributed by atoms with van der Waals surface area (Å²) < 4.78 is 5.46. The fraction of sp³-hybridized carbons (Fsp3) is 0.375. The summed E-state index contributed by atoms with van der Waals surface area (Å²) in [5.74, 6) is 0.806. The molecule has 1 aliphatic rings. The third-order valence-corrected chi connectivity index (χ3v) is 4.65. The number of nitrogens with zero attached hydrogens (tertiary/aromatic N) is 3. The van der Waals surface area contributed by atoms with Crippen molar-refractivity contribution in [1.82, 2.24) is 14.9 Å². The molecule has 3 N–H and O–H groups in total. The Hall–Kier alpha value is -1.60. The summed E-state index contributed by atoms with van der Waals surface area (Å²) in [4.78, 5) is 10.4. The van der Waals surface area contributed by atoms with Gasteiger partial charge in [0.1, 0.15) is 17.2 Å². The largest absolute Gasteiger partial charge is 0.382 e. The fourth-order valence-electron chi connectivity index (χ4n) is 2.73. The molecule has 0 saturated carbocycles. The van der Waals surface area contributed by atoms with Gasteiger partial charge in [0.15, 0.2) is 5.82 Å². The molecule has 128 valence electrons. The number of ether oxygens (including phenoxy) is 1. The van der Waals surface area contributed by atoms with E-state index < -0.39 is 0 Å². The molecule has 1 saturated heterocycles.